The molecule has 0 aromatic carbocycles. The number of amides is 1. The highest BCUT2D eigenvalue weighted by molar-refractivity contribution is 5.82. The second kappa shape index (κ2) is 5.12. The zero-order valence-corrected chi connectivity index (χ0v) is 11.5. The van der Waals surface area contributed by atoms with Crippen molar-refractivity contribution in [2.24, 2.45) is 17.8 Å². The third-order valence-electron chi connectivity index (χ3n) is 4.65. The van der Waals surface area contributed by atoms with E-state index in [2.05, 4.69) is 9.64 Å². The van der Waals surface area contributed by atoms with Gasteiger partial charge in [-0.2, -0.15) is 0 Å². The lowest BCUT2D eigenvalue weighted by molar-refractivity contribution is -0.142. The molecule has 0 N–H and O–H groups in total. The summed E-state index contributed by atoms with van der Waals surface area (Å²) in [5.74, 6) is 2.03. The molecule has 1 amide bonds. The quantitative estimate of drug-likeness (QED) is 0.689. The summed E-state index contributed by atoms with van der Waals surface area (Å²) < 4.78 is 4.66. The molecule has 5 nitrogen and oxygen atoms in total. The predicted molar refractivity (Wildman–Crippen MR) is 69.4 cm³/mol. The minimum atomic E-state index is -0.198. The Morgan fingerprint density at radius 3 is 2.42 bits per heavy atom. The molecule has 1 saturated heterocycles. The van der Waals surface area contributed by atoms with Gasteiger partial charge in [-0.15, -0.1) is 0 Å². The van der Waals surface area contributed by atoms with E-state index in [0.717, 1.165) is 38.5 Å². The van der Waals surface area contributed by atoms with Crippen LogP contribution in [-0.2, 0) is 14.3 Å². The number of methoxy groups -OCH3 is 1. The molecule has 1 heterocycles. The van der Waals surface area contributed by atoms with E-state index in [-0.39, 0.29) is 5.97 Å². The van der Waals surface area contributed by atoms with E-state index >= 15 is 0 Å². The standard InChI is InChI=1S/C14H22N2O3/c1-19-13(17)9-15-4-6-16(7-5-15)14(18)12-8-11(12)10-2-3-10/h10-12H,2-9H2,1H3/t11-,12+/m0/s1. The molecule has 3 aliphatic rings. The SMILES string of the molecule is COC(=O)CN1CCN(C(=O)[C@@H]2C[C@H]2C2CC2)CC1. The molecule has 3 rings (SSSR count). The van der Waals surface area contributed by atoms with Gasteiger partial charge in [0.25, 0.3) is 0 Å². The lowest BCUT2D eigenvalue weighted by Crippen LogP contribution is -2.50. The summed E-state index contributed by atoms with van der Waals surface area (Å²) in [5.41, 5.74) is 0. The average Bonchev–Trinajstić information content (AvgIpc) is 3.29. The fourth-order valence-corrected chi connectivity index (χ4v) is 3.15. The lowest BCUT2D eigenvalue weighted by atomic mass is 10.2. The number of carbonyl (C=O) groups is 2. The van der Waals surface area contributed by atoms with Crippen LogP contribution in [0.3, 0.4) is 0 Å². The third kappa shape index (κ3) is 2.91. The summed E-state index contributed by atoms with van der Waals surface area (Å²) >= 11 is 0. The second-order valence-corrected chi connectivity index (χ2v) is 6.02. The molecule has 2 atom stereocenters. The molecule has 0 radical (unpaired) electrons. The molecule has 5 heteroatoms. The van der Waals surface area contributed by atoms with Crippen LogP contribution in [0.25, 0.3) is 0 Å². The highest BCUT2D eigenvalue weighted by atomic mass is 16.5. The molecule has 3 fully saturated rings. The maximum Gasteiger partial charge on any atom is 0.319 e. The number of hydrogen-bond donors (Lipinski definition) is 0. The summed E-state index contributed by atoms with van der Waals surface area (Å²) in [7, 11) is 1.41. The number of ether oxygens (including phenoxy) is 1. The van der Waals surface area contributed by atoms with Gasteiger partial charge in [0.05, 0.1) is 13.7 Å². The van der Waals surface area contributed by atoms with Crippen molar-refractivity contribution in [2.45, 2.75) is 19.3 Å². The van der Waals surface area contributed by atoms with Gasteiger partial charge in [-0.05, 0) is 31.1 Å². The molecule has 0 aromatic rings. The Kier molecular flexibility index (Phi) is 3.48. The number of carbonyl (C=O) groups excluding carboxylic acids is 2. The Morgan fingerprint density at radius 2 is 1.84 bits per heavy atom. The predicted octanol–water partition coefficient (Wildman–Crippen LogP) is 0.350. The molecule has 1 aliphatic heterocycles. The van der Waals surface area contributed by atoms with Crippen LogP contribution in [0.15, 0.2) is 0 Å². The molecular weight excluding hydrogens is 244 g/mol. The van der Waals surface area contributed by atoms with Gasteiger partial charge in [-0.3, -0.25) is 14.5 Å². The van der Waals surface area contributed by atoms with Gasteiger partial charge in [0, 0.05) is 32.1 Å². The van der Waals surface area contributed by atoms with Crippen molar-refractivity contribution in [3.8, 4) is 0 Å². The van der Waals surface area contributed by atoms with Gasteiger partial charge in [0.1, 0.15) is 0 Å². The zero-order chi connectivity index (χ0) is 13.4. The van der Waals surface area contributed by atoms with Crippen LogP contribution < -0.4 is 0 Å². The van der Waals surface area contributed by atoms with Crippen molar-refractivity contribution in [1.29, 1.82) is 0 Å². The average molecular weight is 266 g/mol. The molecule has 0 spiro atoms. The number of rotatable bonds is 4. The van der Waals surface area contributed by atoms with Crippen LogP contribution >= 0.6 is 0 Å². The van der Waals surface area contributed by atoms with Gasteiger partial charge < -0.3 is 9.64 Å². The minimum Gasteiger partial charge on any atom is -0.468 e. The number of esters is 1. The smallest absolute Gasteiger partial charge is 0.319 e. The maximum atomic E-state index is 12.3. The fourth-order valence-electron chi connectivity index (χ4n) is 3.15. The highest BCUT2D eigenvalue weighted by Crippen LogP contribution is 2.54. The Balaban J connectivity index is 1.42. The molecule has 0 bridgehead atoms. The molecule has 2 aliphatic carbocycles. The van der Waals surface area contributed by atoms with Crippen molar-refractivity contribution in [2.75, 3.05) is 39.8 Å². The Morgan fingerprint density at radius 1 is 1.16 bits per heavy atom. The topological polar surface area (TPSA) is 49.9 Å². The summed E-state index contributed by atoms with van der Waals surface area (Å²) in [6.45, 7) is 3.41. The van der Waals surface area contributed by atoms with E-state index in [4.69, 9.17) is 0 Å². The normalized spacial score (nSPS) is 31.1. The van der Waals surface area contributed by atoms with E-state index in [9.17, 15) is 9.59 Å². The summed E-state index contributed by atoms with van der Waals surface area (Å²) in [5, 5.41) is 0. The first kappa shape index (κ1) is 12.9. The zero-order valence-electron chi connectivity index (χ0n) is 11.5. The van der Waals surface area contributed by atoms with E-state index in [0.29, 0.717) is 24.3 Å². The van der Waals surface area contributed by atoms with Crippen LogP contribution in [-0.4, -0.2) is 61.5 Å². The molecule has 0 aromatic heterocycles. The van der Waals surface area contributed by atoms with E-state index < -0.39 is 0 Å². The van der Waals surface area contributed by atoms with E-state index in [1.54, 1.807) is 0 Å². The Bertz CT molecular complexity index is 373. The van der Waals surface area contributed by atoms with Crippen molar-refractivity contribution < 1.29 is 14.3 Å². The number of hydrogen-bond acceptors (Lipinski definition) is 4. The first-order valence-electron chi connectivity index (χ1n) is 7.27. The van der Waals surface area contributed by atoms with Crippen molar-refractivity contribution in [1.82, 2.24) is 9.80 Å². The van der Waals surface area contributed by atoms with Gasteiger partial charge in [-0.1, -0.05) is 0 Å². The van der Waals surface area contributed by atoms with E-state index in [1.165, 1.54) is 20.0 Å². The summed E-state index contributed by atoms with van der Waals surface area (Å²) in [6.07, 6.45) is 3.79. The lowest BCUT2D eigenvalue weighted by Gasteiger charge is -2.34. The monoisotopic (exact) mass is 266 g/mol. The Hall–Kier alpha value is -1.10. The maximum absolute atomic E-state index is 12.3. The van der Waals surface area contributed by atoms with Gasteiger partial charge in [-0.25, -0.2) is 0 Å². The largest absolute Gasteiger partial charge is 0.468 e. The minimum absolute atomic E-state index is 0.198. The summed E-state index contributed by atoms with van der Waals surface area (Å²) in [4.78, 5) is 27.5. The first-order valence-corrected chi connectivity index (χ1v) is 7.27. The molecule has 19 heavy (non-hydrogen) atoms. The fraction of sp³-hybridized carbons (Fsp3) is 0.857. The highest BCUT2D eigenvalue weighted by Gasteiger charge is 2.52. The molecule has 106 valence electrons. The first-order chi connectivity index (χ1) is 9.19. The van der Waals surface area contributed by atoms with Crippen LogP contribution in [0.4, 0.5) is 0 Å². The molecule has 0 unspecified atom stereocenters. The van der Waals surface area contributed by atoms with Crippen molar-refractivity contribution >= 4 is 11.9 Å². The van der Waals surface area contributed by atoms with Crippen LogP contribution in [0.5, 0.6) is 0 Å². The van der Waals surface area contributed by atoms with Crippen LogP contribution in [0.1, 0.15) is 19.3 Å². The van der Waals surface area contributed by atoms with Crippen LogP contribution in [0.2, 0.25) is 0 Å². The number of nitrogens with zero attached hydrogens (tertiary/aromatic N) is 2. The van der Waals surface area contributed by atoms with Crippen LogP contribution in [0, 0.1) is 17.8 Å². The number of piperazine rings is 1. The van der Waals surface area contributed by atoms with Gasteiger partial charge in [0.2, 0.25) is 5.91 Å². The van der Waals surface area contributed by atoms with E-state index in [1.807, 2.05) is 4.90 Å². The van der Waals surface area contributed by atoms with Gasteiger partial charge >= 0.3 is 5.97 Å². The van der Waals surface area contributed by atoms with Crippen molar-refractivity contribution in [3.63, 3.8) is 0 Å². The second-order valence-electron chi connectivity index (χ2n) is 6.02. The third-order valence-corrected chi connectivity index (χ3v) is 4.65. The summed E-state index contributed by atoms with van der Waals surface area (Å²) in [6, 6.07) is 0. The van der Waals surface area contributed by atoms with Gasteiger partial charge in [0.15, 0.2) is 0 Å². The van der Waals surface area contributed by atoms with Crippen molar-refractivity contribution in [3.05, 3.63) is 0 Å². The molecular formula is C14H22N2O3. The molecule has 2 saturated carbocycles. The Labute approximate surface area is 113 Å².